The van der Waals surface area contributed by atoms with E-state index in [1.54, 1.807) is 24.3 Å². The lowest BCUT2D eigenvalue weighted by Crippen LogP contribution is -2.46. The van der Waals surface area contributed by atoms with Crippen molar-refractivity contribution in [3.63, 3.8) is 0 Å². The molecule has 2 N–H and O–H groups in total. The van der Waals surface area contributed by atoms with Crippen LogP contribution < -0.4 is 10.6 Å². The summed E-state index contributed by atoms with van der Waals surface area (Å²) in [5.74, 6) is -2.45. The molecule has 1 spiro atoms. The average molecular weight is 575 g/mol. The second kappa shape index (κ2) is 10.8. The van der Waals surface area contributed by atoms with Gasteiger partial charge in [0.1, 0.15) is 5.82 Å². The molecule has 9 heteroatoms. The molecule has 0 unspecified atom stereocenters. The highest BCUT2D eigenvalue weighted by Gasteiger charge is 2.62. The number of nitrogens with one attached hydrogen (secondary N) is 2. The molecule has 2 aromatic rings. The molecule has 1 saturated heterocycles. The summed E-state index contributed by atoms with van der Waals surface area (Å²) in [4.78, 5) is 30.2. The molecule has 2 aromatic carbocycles. The molecule has 2 heterocycles. The molecule has 0 saturated carbocycles. The number of fused-ring (bicyclic) bond motifs is 2. The van der Waals surface area contributed by atoms with Crippen molar-refractivity contribution in [2.45, 2.75) is 38.5 Å². The largest absolute Gasteiger partial charge is 0.379 e. The Balaban J connectivity index is 1.61. The molecule has 3 atom stereocenters. The van der Waals surface area contributed by atoms with Crippen molar-refractivity contribution in [2.24, 2.45) is 11.3 Å². The summed E-state index contributed by atoms with van der Waals surface area (Å²) < 4.78 is 21.2. The molecule has 3 aliphatic rings. The van der Waals surface area contributed by atoms with Gasteiger partial charge in [0.25, 0.3) is 0 Å². The maximum absolute atomic E-state index is 15.8. The van der Waals surface area contributed by atoms with Crippen LogP contribution in [-0.4, -0.2) is 56.1 Å². The standard InChI is InChI=1S/C30H34Cl2FN3O3/c1-29(2,3)17-18-15-21(27(37)34-9-10-36-11-13-39-14-12-36)25(20-5-4-6-23(32)26(20)33)30(18)22-8-7-19(31)16-24(22)35-28(30)38/h4-8,15-16,18,25H,9-14,17H2,1-3H3,(H,34,37)(H,35,38)/t18-,25+,30+/m0/s1. The molecule has 5 rings (SSSR count). The zero-order valence-electron chi connectivity index (χ0n) is 22.5. The number of nitrogens with zero attached hydrogens (tertiary/aromatic N) is 1. The third-order valence-electron chi connectivity index (χ3n) is 7.99. The molecular weight excluding hydrogens is 540 g/mol. The third-order valence-corrected chi connectivity index (χ3v) is 8.51. The highest BCUT2D eigenvalue weighted by molar-refractivity contribution is 6.31. The van der Waals surface area contributed by atoms with E-state index in [9.17, 15) is 9.59 Å². The Morgan fingerprint density at radius 1 is 1.21 bits per heavy atom. The Morgan fingerprint density at radius 2 is 1.95 bits per heavy atom. The summed E-state index contributed by atoms with van der Waals surface area (Å²) >= 11 is 12.5. The lowest BCUT2D eigenvalue weighted by Gasteiger charge is -2.39. The van der Waals surface area contributed by atoms with Gasteiger partial charge in [-0.2, -0.15) is 0 Å². The molecule has 6 nitrogen and oxygen atoms in total. The molecule has 1 fully saturated rings. The molecular formula is C30H34Cl2FN3O3. The predicted octanol–water partition coefficient (Wildman–Crippen LogP) is 5.55. The van der Waals surface area contributed by atoms with Crippen LogP contribution in [0.3, 0.4) is 0 Å². The first-order chi connectivity index (χ1) is 18.5. The smallest absolute Gasteiger partial charge is 0.247 e. The lowest BCUT2D eigenvalue weighted by molar-refractivity contribution is -0.123. The van der Waals surface area contributed by atoms with E-state index in [0.29, 0.717) is 54.6 Å². The van der Waals surface area contributed by atoms with E-state index in [-0.39, 0.29) is 33.7 Å². The normalized spacial score (nSPS) is 25.0. The Morgan fingerprint density at radius 3 is 2.67 bits per heavy atom. The molecule has 2 amide bonds. The molecule has 1 aliphatic carbocycles. The number of rotatable bonds is 6. The van der Waals surface area contributed by atoms with Crippen LogP contribution in [0.2, 0.25) is 10.0 Å². The van der Waals surface area contributed by atoms with Crippen LogP contribution in [0.15, 0.2) is 48.0 Å². The van der Waals surface area contributed by atoms with Gasteiger partial charge in [0.2, 0.25) is 11.8 Å². The minimum absolute atomic E-state index is 0.0521. The number of benzene rings is 2. The topological polar surface area (TPSA) is 70.7 Å². The Kier molecular flexibility index (Phi) is 7.81. The SMILES string of the molecule is CC(C)(C)C[C@@H]1C=C(C(=O)NCCN2CCOCC2)[C@@H](c2cccc(Cl)c2F)[C@@]12C(=O)Nc1cc(Cl)ccc12. The van der Waals surface area contributed by atoms with Crippen LogP contribution in [-0.2, 0) is 19.7 Å². The summed E-state index contributed by atoms with van der Waals surface area (Å²) in [6.45, 7) is 10.4. The minimum atomic E-state index is -1.24. The number of amides is 2. The average Bonchev–Trinajstić information content (AvgIpc) is 3.35. The van der Waals surface area contributed by atoms with Crippen molar-refractivity contribution in [1.29, 1.82) is 0 Å². The molecule has 0 aromatic heterocycles. The van der Waals surface area contributed by atoms with Crippen molar-refractivity contribution >= 4 is 40.7 Å². The van der Waals surface area contributed by atoms with Gasteiger partial charge in [-0.3, -0.25) is 14.5 Å². The number of hydrogen-bond acceptors (Lipinski definition) is 4. The highest BCUT2D eigenvalue weighted by Crippen LogP contribution is 2.61. The van der Waals surface area contributed by atoms with E-state index < -0.39 is 17.2 Å². The van der Waals surface area contributed by atoms with Gasteiger partial charge in [-0.05, 0) is 47.1 Å². The Labute approximate surface area is 238 Å². The van der Waals surface area contributed by atoms with Gasteiger partial charge >= 0.3 is 0 Å². The summed E-state index contributed by atoms with van der Waals surface area (Å²) in [5.41, 5.74) is 0.486. The van der Waals surface area contributed by atoms with Crippen molar-refractivity contribution in [1.82, 2.24) is 10.2 Å². The maximum atomic E-state index is 15.8. The fourth-order valence-corrected chi connectivity index (χ4v) is 6.74. The third kappa shape index (κ3) is 5.22. The zero-order valence-corrected chi connectivity index (χ0v) is 24.0. The van der Waals surface area contributed by atoms with Gasteiger partial charge in [0, 0.05) is 48.4 Å². The van der Waals surface area contributed by atoms with E-state index in [1.165, 1.54) is 6.07 Å². The first-order valence-corrected chi connectivity index (χ1v) is 14.1. The molecule has 2 aliphatic heterocycles. The molecule has 0 bridgehead atoms. The van der Waals surface area contributed by atoms with E-state index in [4.69, 9.17) is 27.9 Å². The van der Waals surface area contributed by atoms with Crippen LogP contribution >= 0.6 is 23.2 Å². The van der Waals surface area contributed by atoms with E-state index in [0.717, 1.165) is 13.1 Å². The van der Waals surface area contributed by atoms with Gasteiger partial charge < -0.3 is 15.4 Å². The number of hydrogen-bond donors (Lipinski definition) is 2. The maximum Gasteiger partial charge on any atom is 0.247 e. The van der Waals surface area contributed by atoms with Crippen molar-refractivity contribution < 1.29 is 18.7 Å². The van der Waals surface area contributed by atoms with Crippen molar-refractivity contribution in [2.75, 3.05) is 44.7 Å². The summed E-state index contributed by atoms with van der Waals surface area (Å²) in [6.07, 6.45) is 2.50. The van der Waals surface area contributed by atoms with Gasteiger partial charge in [-0.25, -0.2) is 4.39 Å². The van der Waals surface area contributed by atoms with Crippen LogP contribution in [0.5, 0.6) is 0 Å². The quantitative estimate of drug-likeness (QED) is 0.475. The second-order valence-electron chi connectivity index (χ2n) is 11.8. The number of ether oxygens (including phenoxy) is 1. The van der Waals surface area contributed by atoms with Gasteiger partial charge in [-0.1, -0.05) is 68.2 Å². The Hall–Kier alpha value is -2.45. The fraction of sp³-hybridized carbons (Fsp3) is 0.467. The fourth-order valence-electron chi connectivity index (χ4n) is 6.38. The highest BCUT2D eigenvalue weighted by atomic mass is 35.5. The number of carbonyl (C=O) groups excluding carboxylic acids is 2. The first kappa shape index (κ1) is 28.1. The molecule has 0 radical (unpaired) electrons. The monoisotopic (exact) mass is 573 g/mol. The minimum Gasteiger partial charge on any atom is -0.379 e. The van der Waals surface area contributed by atoms with Gasteiger partial charge in [-0.15, -0.1) is 0 Å². The number of allylic oxidation sites excluding steroid dienone is 1. The number of morpholine rings is 1. The van der Waals surface area contributed by atoms with E-state index in [2.05, 4.69) is 36.3 Å². The predicted molar refractivity (Wildman–Crippen MR) is 152 cm³/mol. The summed E-state index contributed by atoms with van der Waals surface area (Å²) in [6, 6.07) is 10.0. The van der Waals surface area contributed by atoms with Crippen LogP contribution in [0.25, 0.3) is 0 Å². The molecule has 208 valence electrons. The number of carbonyl (C=O) groups is 2. The summed E-state index contributed by atoms with van der Waals surface area (Å²) in [5, 5.41) is 6.48. The number of anilines is 1. The van der Waals surface area contributed by atoms with Crippen molar-refractivity contribution in [3.8, 4) is 0 Å². The first-order valence-electron chi connectivity index (χ1n) is 13.4. The molecule has 39 heavy (non-hydrogen) atoms. The Bertz CT molecular complexity index is 1320. The number of halogens is 3. The van der Waals surface area contributed by atoms with Crippen LogP contribution in [0, 0.1) is 17.2 Å². The van der Waals surface area contributed by atoms with Gasteiger partial charge in [0.05, 0.1) is 23.7 Å². The lowest BCUT2D eigenvalue weighted by atomic mass is 9.61. The zero-order chi connectivity index (χ0) is 27.9. The van der Waals surface area contributed by atoms with Crippen molar-refractivity contribution in [3.05, 3.63) is 75.0 Å². The van der Waals surface area contributed by atoms with E-state index >= 15 is 4.39 Å². The second-order valence-corrected chi connectivity index (χ2v) is 12.6. The van der Waals surface area contributed by atoms with Crippen LogP contribution in [0.4, 0.5) is 10.1 Å². The van der Waals surface area contributed by atoms with Crippen LogP contribution in [0.1, 0.15) is 44.2 Å². The van der Waals surface area contributed by atoms with Gasteiger partial charge in [0.15, 0.2) is 0 Å². The summed E-state index contributed by atoms with van der Waals surface area (Å²) in [7, 11) is 0. The van der Waals surface area contributed by atoms with E-state index in [1.807, 2.05) is 12.1 Å².